The van der Waals surface area contributed by atoms with Gasteiger partial charge in [-0.25, -0.2) is 0 Å². The third-order valence-electron chi connectivity index (χ3n) is 2.59. The molecule has 0 aromatic carbocycles. The summed E-state index contributed by atoms with van der Waals surface area (Å²) in [7, 11) is 0. The van der Waals surface area contributed by atoms with Crippen molar-refractivity contribution in [2.45, 2.75) is 32.2 Å². The quantitative estimate of drug-likeness (QED) is 0.867. The number of nitrogens with one attached hydrogen (secondary N) is 1. The molecule has 0 spiro atoms. The second-order valence-electron chi connectivity index (χ2n) is 4.24. The van der Waals surface area contributed by atoms with Gasteiger partial charge < -0.3 is 5.32 Å². The zero-order chi connectivity index (χ0) is 9.97. The fraction of sp³-hybridized carbons (Fsp3) is 0.636. The Kier molecular flexibility index (Phi) is 3.63. The average molecular weight is 274 g/mol. The number of hydrogen-bond acceptors (Lipinski definition) is 2. The number of halogens is 1. The van der Waals surface area contributed by atoms with Crippen molar-refractivity contribution in [1.29, 1.82) is 0 Å². The Hall–Kier alpha value is 0.140. The highest BCUT2D eigenvalue weighted by Gasteiger charge is 2.20. The first-order valence-electron chi connectivity index (χ1n) is 5.19. The van der Waals surface area contributed by atoms with Crippen molar-refractivity contribution < 1.29 is 0 Å². The lowest BCUT2D eigenvalue weighted by atomic mass is 10.0. The van der Waals surface area contributed by atoms with Gasteiger partial charge in [0.15, 0.2) is 0 Å². The molecule has 0 radical (unpaired) electrons. The van der Waals surface area contributed by atoms with Crippen LogP contribution in [0.3, 0.4) is 0 Å². The van der Waals surface area contributed by atoms with Crippen molar-refractivity contribution in [3.8, 4) is 0 Å². The highest BCUT2D eigenvalue weighted by atomic mass is 79.9. The maximum absolute atomic E-state index is 3.58. The van der Waals surface area contributed by atoms with E-state index >= 15 is 0 Å². The molecule has 1 fully saturated rings. The molecule has 1 N–H and O–H groups in total. The normalized spacial score (nSPS) is 18.4. The van der Waals surface area contributed by atoms with Gasteiger partial charge in [0, 0.05) is 15.9 Å². The molecule has 0 aliphatic heterocycles. The van der Waals surface area contributed by atoms with Gasteiger partial charge in [-0.05, 0) is 58.6 Å². The number of hydrogen-bond donors (Lipinski definition) is 1. The van der Waals surface area contributed by atoms with Gasteiger partial charge >= 0.3 is 0 Å². The maximum atomic E-state index is 3.58. The molecule has 0 saturated heterocycles. The van der Waals surface area contributed by atoms with Crippen LogP contribution in [-0.4, -0.2) is 12.6 Å². The summed E-state index contributed by atoms with van der Waals surface area (Å²) in [6, 6.07) is 0.836. The Bertz CT molecular complexity index is 293. The van der Waals surface area contributed by atoms with Gasteiger partial charge in [-0.1, -0.05) is 6.92 Å². The van der Waals surface area contributed by atoms with Crippen LogP contribution in [0.5, 0.6) is 0 Å². The summed E-state index contributed by atoms with van der Waals surface area (Å²) < 4.78 is 1.28. The Balaban J connectivity index is 1.75. The molecular formula is C11H16BrNS. The van der Waals surface area contributed by atoms with E-state index in [1.54, 1.807) is 11.3 Å². The van der Waals surface area contributed by atoms with Crippen LogP contribution in [0.15, 0.2) is 15.2 Å². The van der Waals surface area contributed by atoms with Crippen LogP contribution in [-0.2, 0) is 6.42 Å². The van der Waals surface area contributed by atoms with Gasteiger partial charge in [0.05, 0.1) is 0 Å². The van der Waals surface area contributed by atoms with Gasteiger partial charge in [0.2, 0.25) is 0 Å². The first kappa shape index (κ1) is 10.7. The smallest absolute Gasteiger partial charge is 0.0314 e. The Morgan fingerprint density at radius 3 is 2.93 bits per heavy atom. The monoisotopic (exact) mass is 273 g/mol. The molecule has 1 atom stereocenters. The fourth-order valence-corrected chi connectivity index (χ4v) is 3.03. The molecular weight excluding hydrogens is 258 g/mol. The Morgan fingerprint density at radius 2 is 2.36 bits per heavy atom. The molecule has 1 aromatic heterocycles. The second kappa shape index (κ2) is 4.77. The van der Waals surface area contributed by atoms with E-state index in [1.807, 2.05) is 0 Å². The minimum atomic E-state index is 0.737. The van der Waals surface area contributed by atoms with E-state index < -0.39 is 0 Å². The molecule has 3 heteroatoms. The van der Waals surface area contributed by atoms with E-state index in [0.717, 1.165) is 18.5 Å². The van der Waals surface area contributed by atoms with Crippen LogP contribution in [0.25, 0.3) is 0 Å². The van der Waals surface area contributed by atoms with Crippen molar-refractivity contribution in [3.63, 3.8) is 0 Å². The summed E-state index contributed by atoms with van der Waals surface area (Å²) in [5, 5.41) is 7.99. The van der Waals surface area contributed by atoms with E-state index in [1.165, 1.54) is 29.3 Å². The van der Waals surface area contributed by atoms with Gasteiger partial charge in [-0.2, -0.15) is 11.3 Å². The van der Waals surface area contributed by atoms with Crippen LogP contribution in [0, 0.1) is 5.92 Å². The molecule has 1 nitrogen and oxygen atoms in total. The summed E-state index contributed by atoms with van der Waals surface area (Å²) in [4.78, 5) is 0. The van der Waals surface area contributed by atoms with Crippen LogP contribution in [0.4, 0.5) is 0 Å². The van der Waals surface area contributed by atoms with Crippen LogP contribution in [0.1, 0.15) is 25.3 Å². The van der Waals surface area contributed by atoms with Crippen molar-refractivity contribution in [1.82, 2.24) is 5.32 Å². The predicted octanol–water partition coefficient (Wildman–Crippen LogP) is 3.44. The molecule has 1 aliphatic rings. The SMILES string of the molecule is CC(CNC1CC1)Cc1cscc1Br. The molecule has 14 heavy (non-hydrogen) atoms. The highest BCUT2D eigenvalue weighted by molar-refractivity contribution is 9.10. The molecule has 1 heterocycles. The van der Waals surface area contributed by atoms with Gasteiger partial charge in [-0.15, -0.1) is 0 Å². The fourth-order valence-electron chi connectivity index (χ4n) is 1.56. The number of rotatable bonds is 5. The lowest BCUT2D eigenvalue weighted by Crippen LogP contribution is -2.24. The van der Waals surface area contributed by atoms with Crippen molar-refractivity contribution >= 4 is 27.3 Å². The molecule has 1 saturated carbocycles. The summed E-state index contributed by atoms with van der Waals surface area (Å²) in [5.74, 6) is 0.737. The summed E-state index contributed by atoms with van der Waals surface area (Å²) in [6.45, 7) is 3.48. The molecule has 2 rings (SSSR count). The van der Waals surface area contributed by atoms with E-state index in [4.69, 9.17) is 0 Å². The van der Waals surface area contributed by atoms with Crippen molar-refractivity contribution in [2.75, 3.05) is 6.54 Å². The minimum Gasteiger partial charge on any atom is -0.314 e. The number of thiophene rings is 1. The third kappa shape index (κ3) is 3.07. The van der Waals surface area contributed by atoms with Crippen molar-refractivity contribution in [3.05, 3.63) is 20.8 Å². The maximum Gasteiger partial charge on any atom is 0.0314 e. The van der Waals surface area contributed by atoms with Gasteiger partial charge in [0.25, 0.3) is 0 Å². The Labute approximate surface area is 98.0 Å². The average Bonchev–Trinajstić information content (AvgIpc) is 2.90. The van der Waals surface area contributed by atoms with Crippen LogP contribution >= 0.6 is 27.3 Å². The second-order valence-corrected chi connectivity index (χ2v) is 5.83. The summed E-state index contributed by atoms with van der Waals surface area (Å²) >= 11 is 5.35. The van der Waals surface area contributed by atoms with Gasteiger partial charge in [0.1, 0.15) is 0 Å². The van der Waals surface area contributed by atoms with E-state index in [0.29, 0.717) is 0 Å². The van der Waals surface area contributed by atoms with E-state index in [9.17, 15) is 0 Å². The van der Waals surface area contributed by atoms with Crippen LogP contribution < -0.4 is 5.32 Å². The zero-order valence-electron chi connectivity index (χ0n) is 8.42. The lowest BCUT2D eigenvalue weighted by Gasteiger charge is -2.11. The summed E-state index contributed by atoms with van der Waals surface area (Å²) in [6.07, 6.45) is 3.95. The Morgan fingerprint density at radius 1 is 1.57 bits per heavy atom. The molecule has 1 aliphatic carbocycles. The lowest BCUT2D eigenvalue weighted by molar-refractivity contribution is 0.509. The van der Waals surface area contributed by atoms with E-state index in [2.05, 4.69) is 38.9 Å². The van der Waals surface area contributed by atoms with E-state index in [-0.39, 0.29) is 0 Å². The molecule has 0 bridgehead atoms. The first-order valence-corrected chi connectivity index (χ1v) is 6.93. The molecule has 0 amide bonds. The van der Waals surface area contributed by atoms with Crippen LogP contribution in [0.2, 0.25) is 0 Å². The zero-order valence-corrected chi connectivity index (χ0v) is 10.8. The molecule has 1 aromatic rings. The minimum absolute atomic E-state index is 0.737. The van der Waals surface area contributed by atoms with Gasteiger partial charge in [-0.3, -0.25) is 0 Å². The highest BCUT2D eigenvalue weighted by Crippen LogP contribution is 2.24. The predicted molar refractivity (Wildman–Crippen MR) is 65.9 cm³/mol. The molecule has 78 valence electrons. The van der Waals surface area contributed by atoms with Crippen molar-refractivity contribution in [2.24, 2.45) is 5.92 Å². The first-order chi connectivity index (χ1) is 6.75. The standard InChI is InChI=1S/C11H16BrNS/c1-8(5-13-10-2-3-10)4-9-6-14-7-11(9)12/h6-8,10,13H,2-5H2,1H3. The molecule has 1 unspecified atom stereocenters. The summed E-state index contributed by atoms with van der Waals surface area (Å²) in [5.41, 5.74) is 1.46. The largest absolute Gasteiger partial charge is 0.314 e. The topological polar surface area (TPSA) is 12.0 Å². The third-order valence-corrected chi connectivity index (χ3v) is 4.42.